The average molecular weight is 855 g/mol. The van der Waals surface area contributed by atoms with E-state index in [2.05, 4.69) is 25.3 Å². The third kappa shape index (κ3) is 9.01. The summed E-state index contributed by atoms with van der Waals surface area (Å²) in [6, 6.07) is 8.81. The van der Waals surface area contributed by atoms with E-state index >= 15 is 8.78 Å². The monoisotopic (exact) mass is 854 g/mol. The second-order valence-corrected chi connectivity index (χ2v) is 16.3. The number of aromatic amines is 1. The first kappa shape index (κ1) is 43.0. The average Bonchev–Trinajstić information content (AvgIpc) is 3.81. The Hall–Kier alpha value is -4.58. The zero-order valence-corrected chi connectivity index (χ0v) is 32.6. The Labute approximate surface area is 332 Å². The van der Waals surface area contributed by atoms with Crippen molar-refractivity contribution in [3.05, 3.63) is 75.3 Å². The number of halogens is 2. The number of benzene rings is 1. The molecule has 0 aliphatic carbocycles. The number of fused-ring (bicyclic) bond motifs is 1. The lowest BCUT2D eigenvalue weighted by Crippen LogP contribution is -2.43. The topological polar surface area (TPSA) is 277 Å². The van der Waals surface area contributed by atoms with Crippen LogP contribution in [0.2, 0.25) is 0 Å². The third-order valence-corrected chi connectivity index (χ3v) is 11.0. The van der Waals surface area contributed by atoms with Crippen molar-refractivity contribution >= 4 is 53.3 Å². The van der Waals surface area contributed by atoms with Gasteiger partial charge >= 0.3 is 24.3 Å². The number of anilines is 2. The normalized spacial score (nSPS) is 25.2. The van der Waals surface area contributed by atoms with Crippen molar-refractivity contribution in [2.45, 2.75) is 88.4 Å². The maximum absolute atomic E-state index is 16.1. The summed E-state index contributed by atoms with van der Waals surface area (Å²) in [4.78, 5) is 76.4. The van der Waals surface area contributed by atoms with Crippen LogP contribution in [0.4, 0.5) is 20.5 Å². The molecule has 7 N–H and O–H groups in total. The summed E-state index contributed by atoms with van der Waals surface area (Å²) < 4.78 is 61.3. The van der Waals surface area contributed by atoms with Crippen LogP contribution >= 0.6 is 6.72 Å². The van der Waals surface area contributed by atoms with Crippen LogP contribution in [0.5, 0.6) is 0 Å². The number of amides is 1. The van der Waals surface area contributed by atoms with E-state index in [1.165, 1.54) is 12.1 Å². The molecule has 8 atom stereocenters. The molecule has 0 saturated carbocycles. The van der Waals surface area contributed by atoms with Crippen LogP contribution in [0.1, 0.15) is 62.3 Å². The van der Waals surface area contributed by atoms with E-state index in [0.29, 0.717) is 17.4 Å². The molecule has 58 heavy (non-hydrogen) atoms. The fourth-order valence-corrected chi connectivity index (χ4v) is 8.12. The van der Waals surface area contributed by atoms with Gasteiger partial charge in [-0.3, -0.25) is 28.2 Å². The number of carbonyl (C=O) groups excluding carboxylic acids is 2. The van der Waals surface area contributed by atoms with Gasteiger partial charge in [-0.2, -0.15) is 18.7 Å². The van der Waals surface area contributed by atoms with Gasteiger partial charge in [0.05, 0.1) is 25.1 Å². The summed E-state index contributed by atoms with van der Waals surface area (Å²) in [6.07, 6.45) is -8.18. The van der Waals surface area contributed by atoms with Crippen LogP contribution < -0.4 is 22.3 Å². The van der Waals surface area contributed by atoms with Crippen LogP contribution in [0, 0.1) is 5.92 Å². The molecule has 2 saturated heterocycles. The van der Waals surface area contributed by atoms with Gasteiger partial charge in [-0.05, 0) is 42.8 Å². The van der Waals surface area contributed by atoms with Gasteiger partial charge in [-0.1, -0.05) is 44.9 Å². The van der Waals surface area contributed by atoms with Gasteiger partial charge in [-0.25, -0.2) is 14.6 Å². The number of alkyl halides is 2. The number of nitrogen functional groups attached to an aromatic ring is 1. The van der Waals surface area contributed by atoms with Crippen LogP contribution in [-0.2, 0) is 39.9 Å². The minimum Gasteiger partial charge on any atom is -0.453 e. The minimum atomic E-state index is -4.75. The Bertz CT molecular complexity index is 2280. The molecule has 3 unspecified atom stereocenters. The van der Waals surface area contributed by atoms with E-state index in [4.69, 9.17) is 40.8 Å². The summed E-state index contributed by atoms with van der Waals surface area (Å²) in [7, 11) is 0. The van der Waals surface area contributed by atoms with E-state index in [0.717, 1.165) is 36.0 Å². The van der Waals surface area contributed by atoms with Gasteiger partial charge in [-0.15, -0.1) is 0 Å². The predicted octanol–water partition coefficient (Wildman–Crippen LogP) is 1.74. The number of nitrogens with two attached hydrogens (primary N) is 1. The lowest BCUT2D eigenvalue weighted by molar-refractivity contribution is -0.138. The van der Waals surface area contributed by atoms with Gasteiger partial charge in [0.15, 0.2) is 29.6 Å². The van der Waals surface area contributed by atoms with Crippen molar-refractivity contribution in [3.63, 3.8) is 0 Å². The lowest BCUT2D eigenvalue weighted by Gasteiger charge is -2.28. The smallest absolute Gasteiger partial charge is 0.351 e. The van der Waals surface area contributed by atoms with Crippen molar-refractivity contribution < 1.29 is 56.7 Å². The van der Waals surface area contributed by atoms with Crippen molar-refractivity contribution in [2.75, 3.05) is 24.3 Å². The number of carbonyl (C=O) groups is 2. The van der Waals surface area contributed by atoms with Crippen LogP contribution in [0.25, 0.3) is 11.2 Å². The summed E-state index contributed by atoms with van der Waals surface area (Å²) in [5.41, 5.74) is 3.61. The molecule has 1 aromatic carbocycles. The molecule has 0 bridgehead atoms. The van der Waals surface area contributed by atoms with E-state index < -0.39 is 86.0 Å². The largest absolute Gasteiger partial charge is 0.453 e. The first-order valence-corrected chi connectivity index (χ1v) is 20.7. The van der Waals surface area contributed by atoms with E-state index in [1.807, 2.05) is 13.8 Å². The molecule has 20 nitrogen and oxygen atoms in total. The number of aliphatic hydroxyl groups excluding tert-OH is 2. The Balaban J connectivity index is 1.19. The number of ether oxygens (including phenoxy) is 3. The van der Waals surface area contributed by atoms with Gasteiger partial charge in [0, 0.05) is 12.1 Å². The number of esters is 1. The van der Waals surface area contributed by atoms with Crippen LogP contribution in [0.3, 0.4) is 0 Å². The molecule has 6 rings (SSSR count). The number of rotatable bonds is 16. The fraction of sp³-hybridized carbons (Fsp3) is 0.500. The number of imidazole rings is 1. The highest BCUT2D eigenvalue weighted by Crippen LogP contribution is 2.54. The highest BCUT2D eigenvalue weighted by molar-refractivity contribution is 8.07. The SMILES string of the molecule is CCCC(CCC)C(=O)Nc1ccn([C@@H]2O[C@H](CO)C(OP(O)(=S)OC[C@H]3O[C@@H](n4cnc5c(=O)[nH]c(N)nc54)[C@@H](O)C3OC(=O)c3ccccc3)C2(F)F)c(=O)n1. The summed E-state index contributed by atoms with van der Waals surface area (Å²) in [6.45, 7) is -2.80. The highest BCUT2D eigenvalue weighted by Gasteiger charge is 2.62. The number of hydrogen-bond donors (Lipinski definition) is 6. The summed E-state index contributed by atoms with van der Waals surface area (Å²) >= 11 is 5.08. The van der Waals surface area contributed by atoms with E-state index in [-0.39, 0.29) is 40.3 Å². The van der Waals surface area contributed by atoms with Crippen LogP contribution in [0.15, 0.2) is 58.5 Å². The third-order valence-electron chi connectivity index (χ3n) is 9.44. The number of H-pyrrole nitrogens is 1. The standard InChI is InChI=1S/C34H41F2N8O12PS/c1-3-8-17(9-4-2)27(47)39-21-12-13-43(33(50)40-21)31-34(35,36)25(19(14-45)54-31)56-57(51,58)52-15-20-24(55-30(49)18-10-6-5-7-11-18)23(46)29(53-20)44-16-38-22-26(44)41-32(37)42-28(22)48/h5-7,10-13,16-17,19-20,23-25,29,31,45-46H,3-4,8-9,14-15H2,1-2H3,(H,51,58)(H3,37,41,42,48)(H,39,40,47,50)/t19-,20-,23+,24?,25?,29-,31-,57?/m1/s1. The molecule has 2 aliphatic rings. The molecule has 2 fully saturated rings. The maximum atomic E-state index is 16.1. The number of hydrogen-bond acceptors (Lipinski definition) is 16. The zero-order chi connectivity index (χ0) is 41.9. The second-order valence-electron chi connectivity index (χ2n) is 13.5. The molecule has 0 radical (unpaired) electrons. The Morgan fingerprint density at radius 3 is 2.47 bits per heavy atom. The molecule has 314 valence electrons. The Morgan fingerprint density at radius 1 is 1.10 bits per heavy atom. The van der Waals surface area contributed by atoms with Crippen molar-refractivity contribution in [3.8, 4) is 0 Å². The van der Waals surface area contributed by atoms with Crippen molar-refractivity contribution in [1.29, 1.82) is 0 Å². The fourth-order valence-electron chi connectivity index (χ4n) is 6.70. The quantitative estimate of drug-likeness (QED) is 0.0692. The molecule has 4 aromatic rings. The molecule has 3 aromatic heterocycles. The second kappa shape index (κ2) is 17.7. The van der Waals surface area contributed by atoms with E-state index in [9.17, 15) is 34.3 Å². The highest BCUT2D eigenvalue weighted by atomic mass is 32.5. The minimum absolute atomic E-state index is 0.0943. The number of aromatic nitrogens is 6. The first-order valence-electron chi connectivity index (χ1n) is 18.1. The van der Waals surface area contributed by atoms with Crippen molar-refractivity contribution in [1.82, 2.24) is 29.1 Å². The molecule has 24 heteroatoms. The molecule has 1 amide bonds. The number of nitrogens with zero attached hydrogens (tertiary/aromatic N) is 5. The predicted molar refractivity (Wildman–Crippen MR) is 202 cm³/mol. The van der Waals surface area contributed by atoms with Gasteiger partial charge < -0.3 is 44.9 Å². The molecular weight excluding hydrogens is 813 g/mol. The first-order chi connectivity index (χ1) is 27.6. The maximum Gasteiger partial charge on any atom is 0.351 e. The lowest BCUT2D eigenvalue weighted by atomic mass is 9.97. The van der Waals surface area contributed by atoms with Gasteiger partial charge in [0.1, 0.15) is 24.1 Å². The summed E-state index contributed by atoms with van der Waals surface area (Å²) in [5.74, 6) is -6.21. The zero-order valence-electron chi connectivity index (χ0n) is 30.9. The van der Waals surface area contributed by atoms with Crippen molar-refractivity contribution in [2.24, 2.45) is 5.92 Å². The molecule has 2 aliphatic heterocycles. The molecule has 0 spiro atoms. The number of nitrogens with one attached hydrogen (secondary N) is 2. The Morgan fingerprint density at radius 2 is 1.81 bits per heavy atom. The summed E-state index contributed by atoms with van der Waals surface area (Å²) in [5, 5.41) is 23.9. The van der Waals surface area contributed by atoms with Crippen LogP contribution in [-0.4, -0.2) is 106 Å². The molecular formula is C34H41F2N8O12PS. The molecule has 5 heterocycles. The van der Waals surface area contributed by atoms with Gasteiger partial charge in [0.2, 0.25) is 18.1 Å². The van der Waals surface area contributed by atoms with E-state index in [1.54, 1.807) is 18.2 Å². The number of aliphatic hydroxyl groups is 2. The Kier molecular flexibility index (Phi) is 13.1. The van der Waals surface area contributed by atoms with Gasteiger partial charge in [0.25, 0.3) is 5.56 Å².